The summed E-state index contributed by atoms with van der Waals surface area (Å²) in [5.41, 5.74) is 0. The zero-order valence-corrected chi connectivity index (χ0v) is 13.2. The molecule has 0 unspecified atom stereocenters. The molecule has 0 bridgehead atoms. The molecule has 0 radical (unpaired) electrons. The van der Waals surface area contributed by atoms with E-state index in [-0.39, 0.29) is 10.9 Å². The van der Waals surface area contributed by atoms with E-state index in [0.29, 0.717) is 6.42 Å². The Bertz CT molecular complexity index is 591. The number of sulfonamides is 1. The topological polar surface area (TPSA) is 83.5 Å². The third-order valence-corrected chi connectivity index (χ3v) is 4.75. The fraction of sp³-hybridized carbons (Fsp3) is 0.417. The van der Waals surface area contributed by atoms with Crippen LogP contribution in [0.4, 0.5) is 4.39 Å². The van der Waals surface area contributed by atoms with Crippen molar-refractivity contribution >= 4 is 31.9 Å². The molecule has 112 valence electrons. The number of halogens is 2. The van der Waals surface area contributed by atoms with E-state index in [1.54, 1.807) is 0 Å². The number of rotatable bonds is 7. The molecule has 5 nitrogen and oxygen atoms in total. The minimum absolute atomic E-state index is 0.000748. The molecule has 8 heteroatoms. The Morgan fingerprint density at radius 1 is 1.50 bits per heavy atom. The Morgan fingerprint density at radius 2 is 2.15 bits per heavy atom. The lowest BCUT2D eigenvalue weighted by molar-refractivity contribution is -0.139. The second kappa shape index (κ2) is 7.14. The Morgan fingerprint density at radius 3 is 2.70 bits per heavy atom. The van der Waals surface area contributed by atoms with Gasteiger partial charge < -0.3 is 5.11 Å². The highest BCUT2D eigenvalue weighted by atomic mass is 79.9. The largest absolute Gasteiger partial charge is 0.480 e. The zero-order valence-electron chi connectivity index (χ0n) is 10.8. The summed E-state index contributed by atoms with van der Waals surface area (Å²) < 4.78 is 39.9. The van der Waals surface area contributed by atoms with E-state index in [9.17, 15) is 17.6 Å². The van der Waals surface area contributed by atoms with E-state index in [2.05, 4.69) is 15.9 Å². The minimum Gasteiger partial charge on any atom is -0.480 e. The number of hydrogen-bond acceptors (Lipinski definition) is 3. The van der Waals surface area contributed by atoms with Crippen LogP contribution < -0.4 is 4.72 Å². The van der Waals surface area contributed by atoms with Gasteiger partial charge in [0, 0.05) is 0 Å². The lowest BCUT2D eigenvalue weighted by Crippen LogP contribution is -2.40. The molecule has 0 aliphatic carbocycles. The number of carboxylic acid groups (broad SMARTS) is 1. The van der Waals surface area contributed by atoms with E-state index in [1.807, 2.05) is 11.6 Å². The van der Waals surface area contributed by atoms with E-state index in [4.69, 9.17) is 5.11 Å². The first-order valence-corrected chi connectivity index (χ1v) is 8.26. The van der Waals surface area contributed by atoms with Crippen LogP contribution in [-0.2, 0) is 14.8 Å². The molecule has 0 amide bonds. The SMILES string of the molecule is CCCC[C@H](NS(=O)(=O)c1cccc(Br)c1F)C(=O)O. The first-order chi connectivity index (χ1) is 9.29. The maximum Gasteiger partial charge on any atom is 0.321 e. The summed E-state index contributed by atoms with van der Waals surface area (Å²) in [6.07, 6.45) is 1.44. The second-order valence-corrected chi connectivity index (χ2v) is 6.74. The van der Waals surface area contributed by atoms with Crippen molar-refractivity contribution in [2.45, 2.75) is 37.1 Å². The van der Waals surface area contributed by atoms with Crippen molar-refractivity contribution in [2.24, 2.45) is 0 Å². The fourth-order valence-corrected chi connectivity index (χ4v) is 3.40. The van der Waals surface area contributed by atoms with Crippen molar-refractivity contribution in [3.05, 3.63) is 28.5 Å². The van der Waals surface area contributed by atoms with Gasteiger partial charge in [-0.3, -0.25) is 4.79 Å². The Kier molecular flexibility index (Phi) is 6.09. The summed E-state index contributed by atoms with van der Waals surface area (Å²) in [5.74, 6) is -2.22. The summed E-state index contributed by atoms with van der Waals surface area (Å²) in [4.78, 5) is 10.5. The number of aliphatic carboxylic acids is 1. The van der Waals surface area contributed by atoms with Gasteiger partial charge in [-0.05, 0) is 34.5 Å². The molecule has 0 spiro atoms. The highest BCUT2D eigenvalue weighted by molar-refractivity contribution is 9.10. The van der Waals surface area contributed by atoms with Crippen molar-refractivity contribution in [1.82, 2.24) is 4.72 Å². The maximum absolute atomic E-state index is 13.8. The molecule has 1 atom stereocenters. The van der Waals surface area contributed by atoms with Gasteiger partial charge in [0.1, 0.15) is 10.9 Å². The minimum atomic E-state index is -4.22. The van der Waals surface area contributed by atoms with Crippen molar-refractivity contribution < 1.29 is 22.7 Å². The Labute approximate surface area is 125 Å². The van der Waals surface area contributed by atoms with Gasteiger partial charge in [0.15, 0.2) is 5.82 Å². The van der Waals surface area contributed by atoms with Crippen LogP contribution in [0.25, 0.3) is 0 Å². The number of carboxylic acids is 1. The van der Waals surface area contributed by atoms with Gasteiger partial charge in [0.25, 0.3) is 0 Å². The first kappa shape index (κ1) is 17.1. The Balaban J connectivity index is 3.04. The van der Waals surface area contributed by atoms with Crippen LogP contribution in [0.5, 0.6) is 0 Å². The third-order valence-electron chi connectivity index (χ3n) is 2.65. The Hall–Kier alpha value is -0.990. The molecular formula is C12H15BrFNO4S. The smallest absolute Gasteiger partial charge is 0.321 e. The van der Waals surface area contributed by atoms with Crippen molar-refractivity contribution in [3.63, 3.8) is 0 Å². The molecule has 0 aliphatic heterocycles. The van der Waals surface area contributed by atoms with Crippen molar-refractivity contribution in [1.29, 1.82) is 0 Å². The van der Waals surface area contributed by atoms with E-state index in [1.165, 1.54) is 12.1 Å². The maximum atomic E-state index is 13.8. The van der Waals surface area contributed by atoms with Crippen LogP contribution in [0.1, 0.15) is 26.2 Å². The van der Waals surface area contributed by atoms with Crippen molar-refractivity contribution in [3.8, 4) is 0 Å². The molecule has 1 aromatic carbocycles. The van der Waals surface area contributed by atoms with Gasteiger partial charge in [0.2, 0.25) is 10.0 Å². The third kappa shape index (κ3) is 4.26. The standard InChI is InChI=1S/C12H15BrFNO4S/c1-2-3-6-9(12(16)17)15-20(18,19)10-7-4-5-8(13)11(10)14/h4-5,7,9,15H,2-3,6H2,1H3,(H,16,17)/t9-/m0/s1. The predicted molar refractivity (Wildman–Crippen MR) is 75.4 cm³/mol. The lowest BCUT2D eigenvalue weighted by atomic mass is 10.1. The zero-order chi connectivity index (χ0) is 15.3. The normalized spacial score (nSPS) is 13.2. The first-order valence-electron chi connectivity index (χ1n) is 5.98. The average molecular weight is 368 g/mol. The molecule has 1 aromatic rings. The van der Waals surface area contributed by atoms with Gasteiger partial charge in [-0.15, -0.1) is 0 Å². The fourth-order valence-electron chi connectivity index (χ4n) is 1.58. The number of carbonyl (C=O) groups is 1. The van der Waals surface area contributed by atoms with Gasteiger partial charge >= 0.3 is 5.97 Å². The van der Waals surface area contributed by atoms with Crippen LogP contribution in [-0.4, -0.2) is 25.5 Å². The summed E-state index contributed by atoms with van der Waals surface area (Å²) in [5, 5.41) is 9.00. The van der Waals surface area contributed by atoms with E-state index < -0.39 is 32.7 Å². The molecule has 20 heavy (non-hydrogen) atoms. The molecule has 0 fully saturated rings. The summed E-state index contributed by atoms with van der Waals surface area (Å²) >= 11 is 2.89. The molecule has 1 rings (SSSR count). The number of benzene rings is 1. The molecule has 0 saturated heterocycles. The quantitative estimate of drug-likeness (QED) is 0.775. The lowest BCUT2D eigenvalue weighted by Gasteiger charge is -2.15. The van der Waals surface area contributed by atoms with Gasteiger partial charge in [-0.25, -0.2) is 12.8 Å². The van der Waals surface area contributed by atoms with Gasteiger partial charge in [-0.1, -0.05) is 25.8 Å². The van der Waals surface area contributed by atoms with Crippen LogP contribution in [0, 0.1) is 5.82 Å². The van der Waals surface area contributed by atoms with E-state index >= 15 is 0 Å². The second-order valence-electron chi connectivity index (χ2n) is 4.21. The molecule has 2 N–H and O–H groups in total. The molecular weight excluding hydrogens is 353 g/mol. The van der Waals surface area contributed by atoms with Gasteiger partial charge in [0.05, 0.1) is 4.47 Å². The monoisotopic (exact) mass is 367 g/mol. The molecule has 0 aromatic heterocycles. The van der Waals surface area contributed by atoms with E-state index in [0.717, 1.165) is 12.5 Å². The average Bonchev–Trinajstić information content (AvgIpc) is 2.37. The van der Waals surface area contributed by atoms with Crippen LogP contribution >= 0.6 is 15.9 Å². The number of unbranched alkanes of at least 4 members (excludes halogenated alkanes) is 1. The van der Waals surface area contributed by atoms with Crippen LogP contribution in [0.2, 0.25) is 0 Å². The van der Waals surface area contributed by atoms with Crippen molar-refractivity contribution in [2.75, 3.05) is 0 Å². The highest BCUT2D eigenvalue weighted by Crippen LogP contribution is 2.22. The van der Waals surface area contributed by atoms with Gasteiger partial charge in [-0.2, -0.15) is 4.72 Å². The highest BCUT2D eigenvalue weighted by Gasteiger charge is 2.27. The molecule has 0 aliphatic rings. The predicted octanol–water partition coefficient (Wildman–Crippen LogP) is 2.51. The summed E-state index contributed by atoms with van der Waals surface area (Å²) in [7, 11) is -4.22. The van der Waals surface area contributed by atoms with Crippen LogP contribution in [0.15, 0.2) is 27.6 Å². The number of nitrogens with one attached hydrogen (secondary N) is 1. The van der Waals surface area contributed by atoms with Crippen LogP contribution in [0.3, 0.4) is 0 Å². The number of hydrogen-bond donors (Lipinski definition) is 2. The summed E-state index contributed by atoms with van der Waals surface area (Å²) in [6, 6.07) is 2.54. The molecule has 0 heterocycles. The summed E-state index contributed by atoms with van der Waals surface area (Å²) in [6.45, 7) is 1.86. The molecule has 0 saturated carbocycles.